The molecular formula is C27H24N4O2S4. The van der Waals surface area contributed by atoms with E-state index in [1.165, 1.54) is 22.7 Å². The average molecular weight is 565 g/mol. The number of rotatable bonds is 6. The second-order valence-corrected chi connectivity index (χ2v) is 11.0. The number of hydrogen-bond acceptors (Lipinski definition) is 6. The van der Waals surface area contributed by atoms with Crippen LogP contribution in [-0.4, -0.2) is 21.8 Å². The minimum Gasteiger partial charge on any atom is -0.272 e. The Bertz CT molecular complexity index is 1270. The van der Waals surface area contributed by atoms with Gasteiger partial charge >= 0.3 is 0 Å². The number of hydrazine groups is 2. The molecule has 2 aromatic carbocycles. The standard InChI is InChI=1S/C27H24N4O2S4/c1-27(2,25(32)28-30(21-15-9-17-36-21)23(34)19-11-5-3-6-12-19)26(33)29-31(22-16-10-18-37-22)24(35)20-13-7-4-8-14-20/h3-18H,1-2H3,(H,28,32)(H,29,33). The third kappa shape index (κ3) is 6.11. The van der Waals surface area contributed by atoms with Gasteiger partial charge in [0, 0.05) is 11.1 Å². The molecule has 0 saturated carbocycles. The lowest BCUT2D eigenvalue weighted by molar-refractivity contribution is -0.141. The monoisotopic (exact) mass is 564 g/mol. The molecule has 0 fully saturated rings. The van der Waals surface area contributed by atoms with Crippen LogP contribution in [0.4, 0.5) is 10.0 Å². The highest BCUT2D eigenvalue weighted by Gasteiger charge is 2.39. The average Bonchev–Trinajstić information content (AvgIpc) is 3.65. The predicted molar refractivity (Wildman–Crippen MR) is 160 cm³/mol. The Kier molecular flexibility index (Phi) is 8.45. The highest BCUT2D eigenvalue weighted by Crippen LogP contribution is 2.26. The Labute approximate surface area is 234 Å². The van der Waals surface area contributed by atoms with Gasteiger partial charge in [-0.1, -0.05) is 85.1 Å². The van der Waals surface area contributed by atoms with E-state index in [9.17, 15) is 9.59 Å². The number of nitrogens with one attached hydrogen (secondary N) is 2. The topological polar surface area (TPSA) is 64.7 Å². The first kappa shape index (κ1) is 26.6. The molecule has 6 nitrogen and oxygen atoms in total. The van der Waals surface area contributed by atoms with Crippen molar-refractivity contribution in [3.63, 3.8) is 0 Å². The van der Waals surface area contributed by atoms with Crippen LogP contribution in [0, 0.1) is 5.41 Å². The van der Waals surface area contributed by atoms with Gasteiger partial charge in [0.1, 0.15) is 25.4 Å². The number of benzene rings is 2. The normalized spacial score (nSPS) is 10.9. The third-order valence-electron chi connectivity index (χ3n) is 5.46. The van der Waals surface area contributed by atoms with Crippen LogP contribution in [0.25, 0.3) is 0 Å². The Balaban J connectivity index is 1.56. The molecule has 37 heavy (non-hydrogen) atoms. The highest BCUT2D eigenvalue weighted by molar-refractivity contribution is 7.81. The van der Waals surface area contributed by atoms with Gasteiger partial charge < -0.3 is 0 Å². The first-order valence-corrected chi connectivity index (χ1v) is 13.8. The molecular weight excluding hydrogens is 541 g/mol. The summed E-state index contributed by atoms with van der Waals surface area (Å²) in [5, 5.41) is 8.32. The van der Waals surface area contributed by atoms with Crippen molar-refractivity contribution >= 4 is 78.9 Å². The molecule has 0 aliphatic rings. The largest absolute Gasteiger partial charge is 0.272 e. The number of thiocarbonyl (C=S) groups is 2. The van der Waals surface area contributed by atoms with Crippen molar-refractivity contribution in [2.24, 2.45) is 5.41 Å². The molecule has 2 aromatic heterocycles. The fourth-order valence-corrected chi connectivity index (χ4v) is 5.28. The molecule has 4 aromatic rings. The fourth-order valence-electron chi connectivity index (χ4n) is 3.21. The van der Waals surface area contributed by atoms with Crippen LogP contribution in [0.5, 0.6) is 0 Å². The molecule has 0 spiro atoms. The van der Waals surface area contributed by atoms with E-state index in [1.54, 1.807) is 23.9 Å². The summed E-state index contributed by atoms with van der Waals surface area (Å²) in [4.78, 5) is 27.9. The van der Waals surface area contributed by atoms with E-state index in [0.717, 1.165) is 21.1 Å². The Morgan fingerprint density at radius 2 is 1.03 bits per heavy atom. The number of nitrogens with zero attached hydrogens (tertiary/aromatic N) is 2. The van der Waals surface area contributed by atoms with Gasteiger partial charge in [-0.2, -0.15) is 0 Å². The molecule has 0 saturated heterocycles. The number of amides is 2. The van der Waals surface area contributed by atoms with Crippen LogP contribution in [0.2, 0.25) is 0 Å². The smallest absolute Gasteiger partial charge is 0.254 e. The number of hydrogen-bond donors (Lipinski definition) is 2. The van der Waals surface area contributed by atoms with E-state index in [-0.39, 0.29) is 0 Å². The third-order valence-corrected chi connectivity index (χ3v) is 8.01. The maximum absolute atomic E-state index is 13.5. The molecule has 2 amide bonds. The van der Waals surface area contributed by atoms with Crippen molar-refractivity contribution in [3.8, 4) is 0 Å². The highest BCUT2D eigenvalue weighted by atomic mass is 32.1. The van der Waals surface area contributed by atoms with Gasteiger partial charge in [0.05, 0.1) is 0 Å². The van der Waals surface area contributed by atoms with E-state index in [0.29, 0.717) is 9.98 Å². The minimum absolute atomic E-state index is 0.415. The second kappa shape index (κ2) is 11.7. The molecule has 0 bridgehead atoms. The second-order valence-electron chi connectivity index (χ2n) is 8.42. The van der Waals surface area contributed by atoms with Gasteiger partial charge in [-0.25, -0.2) is 10.0 Å². The molecule has 188 valence electrons. The fraction of sp³-hybridized carbons (Fsp3) is 0.111. The van der Waals surface area contributed by atoms with Crippen LogP contribution < -0.4 is 20.9 Å². The lowest BCUT2D eigenvalue weighted by Gasteiger charge is -2.32. The number of anilines is 2. The summed E-state index contributed by atoms with van der Waals surface area (Å²) >= 11 is 14.3. The predicted octanol–water partition coefficient (Wildman–Crippen LogP) is 5.96. The first-order chi connectivity index (χ1) is 17.8. The van der Waals surface area contributed by atoms with E-state index in [1.807, 2.05) is 95.7 Å². The lowest BCUT2D eigenvalue weighted by Crippen LogP contribution is -2.58. The summed E-state index contributed by atoms with van der Waals surface area (Å²) in [5.74, 6) is -1.04. The number of carbonyl (C=O) groups is 2. The minimum atomic E-state index is -1.47. The van der Waals surface area contributed by atoms with Crippen molar-refractivity contribution in [3.05, 3.63) is 107 Å². The Morgan fingerprint density at radius 1 is 0.649 bits per heavy atom. The Hall–Kier alpha value is -3.44. The summed E-state index contributed by atoms with van der Waals surface area (Å²) in [6.45, 7) is 3.13. The van der Waals surface area contributed by atoms with Crippen LogP contribution in [0.15, 0.2) is 95.7 Å². The van der Waals surface area contributed by atoms with Gasteiger partial charge in [0.15, 0.2) is 0 Å². The lowest BCUT2D eigenvalue weighted by atomic mass is 9.91. The maximum atomic E-state index is 13.5. The maximum Gasteiger partial charge on any atom is 0.254 e. The zero-order valence-corrected chi connectivity index (χ0v) is 23.3. The van der Waals surface area contributed by atoms with E-state index in [2.05, 4.69) is 10.9 Å². The molecule has 0 aliphatic heterocycles. The molecule has 0 atom stereocenters. The van der Waals surface area contributed by atoms with Crippen molar-refractivity contribution in [1.82, 2.24) is 10.9 Å². The molecule has 0 aliphatic carbocycles. The Morgan fingerprint density at radius 3 is 1.35 bits per heavy atom. The summed E-state index contributed by atoms with van der Waals surface area (Å²) in [7, 11) is 0. The van der Waals surface area contributed by atoms with Gasteiger partial charge in [-0.05, 0) is 48.9 Å². The van der Waals surface area contributed by atoms with Gasteiger partial charge in [0.25, 0.3) is 11.8 Å². The van der Waals surface area contributed by atoms with E-state index in [4.69, 9.17) is 24.4 Å². The van der Waals surface area contributed by atoms with Gasteiger partial charge in [-0.15, -0.1) is 22.7 Å². The summed E-state index contributed by atoms with van der Waals surface area (Å²) < 4.78 is 0. The summed E-state index contributed by atoms with van der Waals surface area (Å²) in [6, 6.07) is 26.2. The van der Waals surface area contributed by atoms with Crippen LogP contribution in [0.3, 0.4) is 0 Å². The molecule has 2 N–H and O–H groups in total. The van der Waals surface area contributed by atoms with Crippen LogP contribution >= 0.6 is 47.1 Å². The van der Waals surface area contributed by atoms with E-state index >= 15 is 0 Å². The number of carbonyl (C=O) groups excluding carboxylic acids is 2. The van der Waals surface area contributed by atoms with Crippen molar-refractivity contribution in [2.75, 3.05) is 10.0 Å². The van der Waals surface area contributed by atoms with Crippen LogP contribution in [0.1, 0.15) is 25.0 Å². The summed E-state index contributed by atoms with van der Waals surface area (Å²) in [5.41, 5.74) is 5.79. The SMILES string of the molecule is CC(C)(C(=O)NN(C(=S)c1ccccc1)c1cccs1)C(=O)NN(C(=S)c1ccccc1)c1cccs1. The molecule has 4 rings (SSSR count). The first-order valence-electron chi connectivity index (χ1n) is 11.3. The van der Waals surface area contributed by atoms with Crippen molar-refractivity contribution in [1.29, 1.82) is 0 Å². The molecule has 10 heteroatoms. The molecule has 0 radical (unpaired) electrons. The molecule has 0 unspecified atom stereocenters. The van der Waals surface area contributed by atoms with Gasteiger partial charge in [0.2, 0.25) is 0 Å². The van der Waals surface area contributed by atoms with Crippen molar-refractivity contribution in [2.45, 2.75) is 13.8 Å². The summed E-state index contributed by atoms with van der Waals surface area (Å²) in [6.07, 6.45) is 0. The quantitative estimate of drug-likeness (QED) is 0.171. The zero-order valence-electron chi connectivity index (χ0n) is 20.1. The number of thiophene rings is 2. The molecule has 2 heterocycles. The van der Waals surface area contributed by atoms with E-state index < -0.39 is 17.2 Å². The van der Waals surface area contributed by atoms with Crippen LogP contribution in [-0.2, 0) is 9.59 Å². The van der Waals surface area contributed by atoms with Crippen molar-refractivity contribution < 1.29 is 9.59 Å². The zero-order chi connectivity index (χ0) is 26.4. The van der Waals surface area contributed by atoms with Gasteiger partial charge in [-0.3, -0.25) is 20.4 Å².